The number of amides is 1. The highest BCUT2D eigenvalue weighted by molar-refractivity contribution is 6.08. The lowest BCUT2D eigenvalue weighted by Gasteiger charge is -2.11. The Kier molecular flexibility index (Phi) is 4.57. The summed E-state index contributed by atoms with van der Waals surface area (Å²) < 4.78 is 13.1. The summed E-state index contributed by atoms with van der Waals surface area (Å²) in [6.07, 6.45) is 0. The average molecular weight is 335 g/mol. The lowest BCUT2D eigenvalue weighted by atomic mass is 10.0. The van der Waals surface area contributed by atoms with Gasteiger partial charge >= 0.3 is 5.97 Å². The third kappa shape index (κ3) is 3.72. The van der Waals surface area contributed by atoms with Crippen LogP contribution in [0.1, 0.15) is 20.7 Å². The van der Waals surface area contributed by atoms with E-state index in [-0.39, 0.29) is 17.1 Å². The van der Waals surface area contributed by atoms with E-state index < -0.39 is 11.9 Å². The molecule has 2 N–H and O–H groups in total. The van der Waals surface area contributed by atoms with Crippen LogP contribution in [0.5, 0.6) is 0 Å². The molecule has 0 aliphatic rings. The average Bonchev–Trinajstić information content (AvgIpc) is 2.63. The molecule has 124 valence electrons. The maximum absolute atomic E-state index is 13.1. The summed E-state index contributed by atoms with van der Waals surface area (Å²) in [5.41, 5.74) is 1.98. The summed E-state index contributed by atoms with van der Waals surface area (Å²) in [4.78, 5) is 23.8. The van der Waals surface area contributed by atoms with Gasteiger partial charge in [0.05, 0.1) is 11.3 Å². The zero-order chi connectivity index (χ0) is 17.8. The second-order valence-corrected chi connectivity index (χ2v) is 5.39. The molecule has 0 aromatic heterocycles. The van der Waals surface area contributed by atoms with E-state index in [2.05, 4.69) is 5.32 Å². The fourth-order valence-electron chi connectivity index (χ4n) is 2.44. The number of hydrogen-bond donors (Lipinski definition) is 2. The van der Waals surface area contributed by atoms with Crippen molar-refractivity contribution < 1.29 is 19.1 Å². The Balaban J connectivity index is 1.98. The van der Waals surface area contributed by atoms with Gasteiger partial charge in [-0.3, -0.25) is 4.79 Å². The maximum atomic E-state index is 13.1. The first-order chi connectivity index (χ1) is 12.0. The van der Waals surface area contributed by atoms with Gasteiger partial charge in [0.2, 0.25) is 0 Å². The Bertz CT molecular complexity index is 921. The van der Waals surface area contributed by atoms with Gasteiger partial charge in [0.1, 0.15) is 5.82 Å². The number of carbonyl (C=O) groups is 2. The zero-order valence-electron chi connectivity index (χ0n) is 13.1. The third-order valence-electron chi connectivity index (χ3n) is 3.71. The molecule has 0 unspecified atom stereocenters. The SMILES string of the molecule is O=C(Nc1cc(-c2ccc(F)cc2)ccc1C(=O)O)c1ccccc1. The van der Waals surface area contributed by atoms with Gasteiger partial charge in [0, 0.05) is 5.56 Å². The fraction of sp³-hybridized carbons (Fsp3) is 0. The smallest absolute Gasteiger partial charge is 0.337 e. The van der Waals surface area contributed by atoms with E-state index in [1.165, 1.54) is 18.2 Å². The number of carboxylic acid groups (broad SMARTS) is 1. The van der Waals surface area contributed by atoms with Gasteiger partial charge in [0.25, 0.3) is 5.91 Å². The lowest BCUT2D eigenvalue weighted by molar-refractivity contribution is 0.0698. The predicted molar refractivity (Wildman–Crippen MR) is 93.2 cm³/mol. The molecular formula is C20H14FNO3. The molecule has 0 saturated heterocycles. The van der Waals surface area contributed by atoms with E-state index in [4.69, 9.17) is 0 Å². The summed E-state index contributed by atoms with van der Waals surface area (Å²) >= 11 is 0. The second-order valence-electron chi connectivity index (χ2n) is 5.39. The number of carboxylic acids is 1. The number of halogens is 1. The Labute approximate surface area is 143 Å². The number of benzene rings is 3. The second kappa shape index (κ2) is 6.97. The molecule has 1 amide bonds. The Morgan fingerprint density at radius 2 is 1.48 bits per heavy atom. The largest absolute Gasteiger partial charge is 0.478 e. The van der Waals surface area contributed by atoms with E-state index >= 15 is 0 Å². The van der Waals surface area contributed by atoms with E-state index in [9.17, 15) is 19.1 Å². The van der Waals surface area contributed by atoms with Crippen LogP contribution in [0.2, 0.25) is 0 Å². The highest BCUT2D eigenvalue weighted by atomic mass is 19.1. The first-order valence-electron chi connectivity index (χ1n) is 7.54. The maximum Gasteiger partial charge on any atom is 0.337 e. The molecule has 0 heterocycles. The minimum Gasteiger partial charge on any atom is -0.478 e. The molecule has 3 rings (SSSR count). The van der Waals surface area contributed by atoms with Gasteiger partial charge < -0.3 is 10.4 Å². The number of rotatable bonds is 4. The first kappa shape index (κ1) is 16.4. The number of nitrogens with one attached hydrogen (secondary N) is 1. The highest BCUT2D eigenvalue weighted by Crippen LogP contribution is 2.26. The van der Waals surface area contributed by atoms with E-state index in [0.717, 1.165) is 0 Å². The van der Waals surface area contributed by atoms with Crippen LogP contribution in [0.3, 0.4) is 0 Å². The number of aromatic carboxylic acids is 1. The summed E-state index contributed by atoms with van der Waals surface area (Å²) in [6.45, 7) is 0. The van der Waals surface area contributed by atoms with Crippen molar-refractivity contribution in [2.24, 2.45) is 0 Å². The predicted octanol–water partition coefficient (Wildman–Crippen LogP) is 4.44. The van der Waals surface area contributed by atoms with Crippen LogP contribution in [0.4, 0.5) is 10.1 Å². The van der Waals surface area contributed by atoms with Crippen LogP contribution >= 0.6 is 0 Å². The summed E-state index contributed by atoms with van der Waals surface area (Å²) in [5.74, 6) is -1.91. The molecule has 3 aromatic rings. The van der Waals surface area contributed by atoms with Crippen molar-refractivity contribution in [3.8, 4) is 11.1 Å². The molecule has 0 saturated carbocycles. The molecule has 0 fully saturated rings. The normalized spacial score (nSPS) is 10.3. The number of carbonyl (C=O) groups excluding carboxylic acids is 1. The summed E-state index contributed by atoms with van der Waals surface area (Å²) in [6, 6.07) is 18.9. The zero-order valence-corrected chi connectivity index (χ0v) is 13.1. The first-order valence-corrected chi connectivity index (χ1v) is 7.54. The topological polar surface area (TPSA) is 66.4 Å². The van der Waals surface area contributed by atoms with Crippen LogP contribution in [0.25, 0.3) is 11.1 Å². The molecular weight excluding hydrogens is 321 g/mol. The van der Waals surface area contributed by atoms with Crippen molar-refractivity contribution in [1.29, 1.82) is 0 Å². The van der Waals surface area contributed by atoms with E-state index in [1.807, 2.05) is 0 Å². The fourth-order valence-corrected chi connectivity index (χ4v) is 2.44. The number of hydrogen-bond acceptors (Lipinski definition) is 2. The van der Waals surface area contributed by atoms with Gasteiger partial charge in [0.15, 0.2) is 0 Å². The Hall–Kier alpha value is -3.47. The Morgan fingerprint density at radius 3 is 2.12 bits per heavy atom. The molecule has 0 atom stereocenters. The minimum absolute atomic E-state index is 0.0184. The molecule has 3 aromatic carbocycles. The van der Waals surface area contributed by atoms with Gasteiger partial charge in [-0.25, -0.2) is 9.18 Å². The Morgan fingerprint density at radius 1 is 0.840 bits per heavy atom. The van der Waals surface area contributed by atoms with Gasteiger partial charge in [-0.05, 0) is 47.5 Å². The van der Waals surface area contributed by atoms with Gasteiger partial charge in [-0.1, -0.05) is 36.4 Å². The van der Waals surface area contributed by atoms with Crippen LogP contribution < -0.4 is 5.32 Å². The molecule has 0 aliphatic carbocycles. The van der Waals surface area contributed by atoms with Gasteiger partial charge in [-0.15, -0.1) is 0 Å². The minimum atomic E-state index is -1.14. The van der Waals surface area contributed by atoms with Crippen LogP contribution in [0, 0.1) is 5.82 Å². The summed E-state index contributed by atoms with van der Waals surface area (Å²) in [7, 11) is 0. The van der Waals surface area contributed by atoms with Crippen molar-refractivity contribution in [2.45, 2.75) is 0 Å². The van der Waals surface area contributed by atoms with Gasteiger partial charge in [-0.2, -0.15) is 0 Å². The standard InChI is InChI=1S/C20H14FNO3/c21-16-9-6-13(7-10-16)15-8-11-17(20(24)25)18(12-15)22-19(23)14-4-2-1-3-5-14/h1-12H,(H,22,23)(H,24,25). The molecule has 0 bridgehead atoms. The molecule has 0 spiro atoms. The van der Waals surface area contributed by atoms with Crippen molar-refractivity contribution in [3.63, 3.8) is 0 Å². The van der Waals surface area contributed by atoms with Crippen molar-refractivity contribution in [3.05, 3.63) is 89.7 Å². The van der Waals surface area contributed by atoms with E-state index in [1.54, 1.807) is 54.6 Å². The van der Waals surface area contributed by atoms with Crippen LogP contribution in [0.15, 0.2) is 72.8 Å². The van der Waals surface area contributed by atoms with E-state index in [0.29, 0.717) is 16.7 Å². The quantitative estimate of drug-likeness (QED) is 0.740. The van der Waals surface area contributed by atoms with Crippen molar-refractivity contribution in [1.82, 2.24) is 0 Å². The monoisotopic (exact) mass is 335 g/mol. The van der Waals surface area contributed by atoms with Crippen LogP contribution in [-0.4, -0.2) is 17.0 Å². The molecule has 5 heteroatoms. The molecule has 4 nitrogen and oxygen atoms in total. The third-order valence-corrected chi connectivity index (χ3v) is 3.71. The van der Waals surface area contributed by atoms with Crippen molar-refractivity contribution >= 4 is 17.6 Å². The molecule has 0 radical (unpaired) electrons. The molecule has 25 heavy (non-hydrogen) atoms. The summed E-state index contributed by atoms with van der Waals surface area (Å²) in [5, 5.41) is 12.0. The van der Waals surface area contributed by atoms with Crippen LogP contribution in [-0.2, 0) is 0 Å². The lowest BCUT2D eigenvalue weighted by Crippen LogP contribution is -2.14. The van der Waals surface area contributed by atoms with Crippen molar-refractivity contribution in [2.75, 3.05) is 5.32 Å². The number of anilines is 1. The highest BCUT2D eigenvalue weighted by Gasteiger charge is 2.15. The molecule has 0 aliphatic heterocycles.